The molecule has 6 heteroatoms. The van der Waals surface area contributed by atoms with E-state index in [0.29, 0.717) is 22.3 Å². The highest BCUT2D eigenvalue weighted by Gasteiger charge is 2.06. The number of hydrogen-bond donors (Lipinski definition) is 1. The summed E-state index contributed by atoms with van der Waals surface area (Å²) in [6.45, 7) is 2.57. The molecular formula is C20H18ClN3OS. The number of halogens is 1. The molecule has 0 atom stereocenters. The fourth-order valence-corrected chi connectivity index (χ4v) is 3.04. The molecule has 132 valence electrons. The average Bonchev–Trinajstić information content (AvgIpc) is 2.67. The van der Waals surface area contributed by atoms with E-state index in [4.69, 9.17) is 11.6 Å². The van der Waals surface area contributed by atoms with Crippen LogP contribution in [0.3, 0.4) is 0 Å². The van der Waals surface area contributed by atoms with Crippen molar-refractivity contribution in [2.75, 3.05) is 5.75 Å². The van der Waals surface area contributed by atoms with Crippen LogP contribution in [0.1, 0.15) is 11.1 Å². The van der Waals surface area contributed by atoms with Gasteiger partial charge in [-0.25, -0.2) is 0 Å². The zero-order valence-electron chi connectivity index (χ0n) is 14.3. The van der Waals surface area contributed by atoms with Gasteiger partial charge in [0.2, 0.25) is 5.91 Å². The molecule has 0 saturated heterocycles. The SMILES string of the molecule is Cc1ccc(CNC(=O)CSc2ccc(-c3ccc(Cl)cc3)nn2)cc1. The molecule has 1 amide bonds. The van der Waals surface area contributed by atoms with Gasteiger partial charge in [0.25, 0.3) is 0 Å². The monoisotopic (exact) mass is 383 g/mol. The second-order valence-electron chi connectivity index (χ2n) is 5.81. The first-order valence-electron chi connectivity index (χ1n) is 8.15. The van der Waals surface area contributed by atoms with Gasteiger partial charge in [-0.2, -0.15) is 0 Å². The Balaban J connectivity index is 1.49. The van der Waals surface area contributed by atoms with E-state index >= 15 is 0 Å². The third-order valence-corrected chi connectivity index (χ3v) is 4.91. The maximum atomic E-state index is 12.0. The lowest BCUT2D eigenvalue weighted by atomic mass is 10.1. The Hall–Kier alpha value is -2.37. The number of benzene rings is 2. The number of carbonyl (C=O) groups is 1. The zero-order valence-corrected chi connectivity index (χ0v) is 15.8. The zero-order chi connectivity index (χ0) is 18.4. The third-order valence-electron chi connectivity index (χ3n) is 3.74. The Morgan fingerprint density at radius 2 is 1.73 bits per heavy atom. The Kier molecular flexibility index (Phi) is 6.26. The summed E-state index contributed by atoms with van der Waals surface area (Å²) in [7, 11) is 0. The first-order valence-corrected chi connectivity index (χ1v) is 9.51. The molecule has 0 radical (unpaired) electrons. The number of amides is 1. The molecule has 3 rings (SSSR count). The van der Waals surface area contributed by atoms with E-state index < -0.39 is 0 Å². The Bertz CT molecular complexity index is 865. The summed E-state index contributed by atoms with van der Waals surface area (Å²) in [6.07, 6.45) is 0. The number of nitrogens with one attached hydrogen (secondary N) is 1. The number of hydrogen-bond acceptors (Lipinski definition) is 4. The van der Waals surface area contributed by atoms with E-state index in [0.717, 1.165) is 16.8 Å². The van der Waals surface area contributed by atoms with Crippen LogP contribution in [0, 0.1) is 6.92 Å². The van der Waals surface area contributed by atoms with Crippen molar-refractivity contribution in [2.24, 2.45) is 0 Å². The van der Waals surface area contributed by atoms with Crippen molar-refractivity contribution in [2.45, 2.75) is 18.5 Å². The van der Waals surface area contributed by atoms with Gasteiger partial charge in [0.15, 0.2) is 0 Å². The first-order chi connectivity index (χ1) is 12.6. The molecule has 0 aliphatic rings. The Morgan fingerprint density at radius 1 is 1.00 bits per heavy atom. The van der Waals surface area contributed by atoms with Gasteiger partial charge in [0.05, 0.1) is 11.4 Å². The van der Waals surface area contributed by atoms with Gasteiger partial charge >= 0.3 is 0 Å². The second kappa shape index (κ2) is 8.83. The number of thioether (sulfide) groups is 1. The van der Waals surface area contributed by atoms with Crippen LogP contribution in [0.5, 0.6) is 0 Å². The van der Waals surface area contributed by atoms with Gasteiger partial charge in [-0.05, 0) is 36.8 Å². The van der Waals surface area contributed by atoms with Crippen molar-refractivity contribution < 1.29 is 4.79 Å². The molecule has 0 fully saturated rings. The fourth-order valence-electron chi connectivity index (χ4n) is 2.27. The van der Waals surface area contributed by atoms with E-state index in [2.05, 4.69) is 15.5 Å². The van der Waals surface area contributed by atoms with Crippen molar-refractivity contribution in [1.29, 1.82) is 0 Å². The van der Waals surface area contributed by atoms with Gasteiger partial charge in [0.1, 0.15) is 5.03 Å². The van der Waals surface area contributed by atoms with Crippen molar-refractivity contribution in [3.63, 3.8) is 0 Å². The standard InChI is InChI=1S/C20H18ClN3OS/c1-14-2-4-15(5-3-14)12-22-19(25)13-26-20-11-10-18(23-24-20)16-6-8-17(21)9-7-16/h2-11H,12-13H2,1H3,(H,22,25). The molecule has 1 heterocycles. The number of carbonyl (C=O) groups excluding carboxylic acids is 1. The van der Waals surface area contributed by atoms with Crippen LogP contribution in [0.25, 0.3) is 11.3 Å². The second-order valence-corrected chi connectivity index (χ2v) is 7.25. The highest BCUT2D eigenvalue weighted by Crippen LogP contribution is 2.21. The maximum Gasteiger partial charge on any atom is 0.230 e. The molecule has 0 spiro atoms. The van der Waals surface area contributed by atoms with E-state index in [-0.39, 0.29) is 5.91 Å². The van der Waals surface area contributed by atoms with Gasteiger partial charge in [-0.3, -0.25) is 4.79 Å². The third kappa shape index (κ3) is 5.31. The van der Waals surface area contributed by atoms with Crippen LogP contribution < -0.4 is 5.32 Å². The lowest BCUT2D eigenvalue weighted by molar-refractivity contribution is -0.118. The van der Waals surface area contributed by atoms with Crippen molar-refractivity contribution >= 4 is 29.3 Å². The summed E-state index contributed by atoms with van der Waals surface area (Å²) < 4.78 is 0. The molecule has 0 aliphatic heterocycles. The van der Waals surface area contributed by atoms with E-state index in [1.807, 2.05) is 67.6 Å². The molecule has 0 bridgehead atoms. The van der Waals surface area contributed by atoms with Gasteiger partial charge in [0, 0.05) is 17.1 Å². The normalized spacial score (nSPS) is 10.5. The number of aromatic nitrogens is 2. The van der Waals surface area contributed by atoms with Crippen LogP contribution in [-0.2, 0) is 11.3 Å². The quantitative estimate of drug-likeness (QED) is 0.636. The highest BCUT2D eigenvalue weighted by atomic mass is 35.5. The molecule has 0 saturated carbocycles. The fraction of sp³-hybridized carbons (Fsp3) is 0.150. The van der Waals surface area contributed by atoms with Crippen LogP contribution in [0.4, 0.5) is 0 Å². The van der Waals surface area contributed by atoms with Crippen LogP contribution in [0.15, 0.2) is 65.7 Å². The molecular weight excluding hydrogens is 366 g/mol. The Morgan fingerprint density at radius 3 is 2.38 bits per heavy atom. The van der Waals surface area contributed by atoms with Gasteiger partial charge in [-0.1, -0.05) is 65.3 Å². The van der Waals surface area contributed by atoms with E-state index in [1.54, 1.807) is 0 Å². The average molecular weight is 384 g/mol. The van der Waals surface area contributed by atoms with Crippen LogP contribution in [-0.4, -0.2) is 21.9 Å². The van der Waals surface area contributed by atoms with Crippen LogP contribution >= 0.6 is 23.4 Å². The van der Waals surface area contributed by atoms with Crippen molar-refractivity contribution in [3.8, 4) is 11.3 Å². The molecule has 1 aromatic heterocycles. The largest absolute Gasteiger partial charge is 0.351 e. The Labute approximate surface area is 162 Å². The minimum Gasteiger partial charge on any atom is -0.351 e. The molecule has 0 unspecified atom stereocenters. The lowest BCUT2D eigenvalue weighted by Crippen LogP contribution is -2.24. The maximum absolute atomic E-state index is 12.0. The molecule has 1 N–H and O–H groups in total. The van der Waals surface area contributed by atoms with Crippen LogP contribution in [0.2, 0.25) is 5.02 Å². The van der Waals surface area contributed by atoms with Gasteiger partial charge in [-0.15, -0.1) is 10.2 Å². The molecule has 0 aliphatic carbocycles. The van der Waals surface area contributed by atoms with E-state index in [9.17, 15) is 4.79 Å². The summed E-state index contributed by atoms with van der Waals surface area (Å²) in [5.41, 5.74) is 4.02. The predicted octanol–water partition coefficient (Wildman–Crippen LogP) is 4.51. The lowest BCUT2D eigenvalue weighted by Gasteiger charge is -2.06. The summed E-state index contributed by atoms with van der Waals surface area (Å²) in [5.74, 6) is 0.278. The number of rotatable bonds is 6. The highest BCUT2D eigenvalue weighted by molar-refractivity contribution is 7.99. The summed E-state index contributed by atoms with van der Waals surface area (Å²) in [6, 6.07) is 19.3. The summed E-state index contributed by atoms with van der Waals surface area (Å²) in [5, 5.41) is 12.7. The summed E-state index contributed by atoms with van der Waals surface area (Å²) >= 11 is 7.26. The topological polar surface area (TPSA) is 54.9 Å². The van der Waals surface area contributed by atoms with Crippen molar-refractivity contribution in [3.05, 3.63) is 76.8 Å². The summed E-state index contributed by atoms with van der Waals surface area (Å²) in [4.78, 5) is 12.0. The molecule has 2 aromatic carbocycles. The van der Waals surface area contributed by atoms with E-state index in [1.165, 1.54) is 17.3 Å². The minimum atomic E-state index is -0.0286. The predicted molar refractivity (Wildman–Crippen MR) is 106 cm³/mol. The first kappa shape index (κ1) is 18.4. The number of nitrogens with zero attached hydrogens (tertiary/aromatic N) is 2. The minimum absolute atomic E-state index is 0.0286. The smallest absolute Gasteiger partial charge is 0.230 e. The number of aryl methyl sites for hydroxylation is 1. The molecule has 3 aromatic rings. The van der Waals surface area contributed by atoms with Gasteiger partial charge < -0.3 is 5.32 Å². The molecule has 26 heavy (non-hydrogen) atoms. The molecule has 4 nitrogen and oxygen atoms in total. The van der Waals surface area contributed by atoms with Crippen molar-refractivity contribution in [1.82, 2.24) is 15.5 Å².